The summed E-state index contributed by atoms with van der Waals surface area (Å²) >= 11 is 0. The molecule has 2 aromatic heterocycles. The van der Waals surface area contributed by atoms with Gasteiger partial charge in [0.25, 0.3) is 0 Å². The predicted octanol–water partition coefficient (Wildman–Crippen LogP) is 2.62. The first kappa shape index (κ1) is 14.9. The molecule has 1 amide bonds. The van der Waals surface area contributed by atoms with Crippen LogP contribution in [0.1, 0.15) is 18.4 Å². The van der Waals surface area contributed by atoms with Crippen LogP contribution in [0.5, 0.6) is 0 Å². The minimum absolute atomic E-state index is 0.0279. The van der Waals surface area contributed by atoms with E-state index in [0.717, 1.165) is 12.8 Å². The van der Waals surface area contributed by atoms with Crippen molar-refractivity contribution in [2.45, 2.75) is 19.3 Å². The molecule has 3 rings (SSSR count). The van der Waals surface area contributed by atoms with Crippen LogP contribution in [-0.4, -0.2) is 25.4 Å². The van der Waals surface area contributed by atoms with Crippen LogP contribution in [0.2, 0.25) is 0 Å². The fraction of sp³-hybridized carbons (Fsp3) is 0.176. The Kier molecular flexibility index (Phi) is 4.73. The number of nitrogens with one attached hydrogen (secondary N) is 1. The van der Waals surface area contributed by atoms with Gasteiger partial charge in [-0.25, -0.2) is 15.0 Å². The molecule has 116 valence electrons. The number of anilines is 1. The SMILES string of the molecule is O=C(CCCc1ccccc1)Nc1cnc(-n2ccnc2)nc1. The normalized spacial score (nSPS) is 10.4. The summed E-state index contributed by atoms with van der Waals surface area (Å²) in [5.41, 5.74) is 1.84. The minimum atomic E-state index is -0.0279. The van der Waals surface area contributed by atoms with Crippen molar-refractivity contribution >= 4 is 11.6 Å². The Morgan fingerprint density at radius 2 is 1.91 bits per heavy atom. The topological polar surface area (TPSA) is 72.7 Å². The predicted molar refractivity (Wildman–Crippen MR) is 87.2 cm³/mol. The van der Waals surface area contributed by atoms with Gasteiger partial charge in [0.15, 0.2) is 0 Å². The second-order valence-electron chi connectivity index (χ2n) is 5.13. The van der Waals surface area contributed by atoms with Gasteiger partial charge in [-0.15, -0.1) is 0 Å². The molecule has 23 heavy (non-hydrogen) atoms. The maximum atomic E-state index is 11.9. The number of amides is 1. The largest absolute Gasteiger partial charge is 0.323 e. The van der Waals surface area contributed by atoms with Gasteiger partial charge in [0, 0.05) is 18.8 Å². The maximum absolute atomic E-state index is 11.9. The molecule has 0 atom stereocenters. The highest BCUT2D eigenvalue weighted by Crippen LogP contribution is 2.08. The average Bonchev–Trinajstić information content (AvgIpc) is 3.11. The first-order valence-corrected chi connectivity index (χ1v) is 7.45. The molecule has 6 heteroatoms. The van der Waals surface area contributed by atoms with Gasteiger partial charge in [-0.3, -0.25) is 9.36 Å². The Balaban J connectivity index is 1.48. The van der Waals surface area contributed by atoms with Crippen molar-refractivity contribution in [3.63, 3.8) is 0 Å². The van der Waals surface area contributed by atoms with Crippen LogP contribution in [0, 0.1) is 0 Å². The Bertz CT molecular complexity index is 738. The summed E-state index contributed by atoms with van der Waals surface area (Å²) in [6.07, 6.45) is 10.4. The van der Waals surface area contributed by atoms with Crippen LogP contribution in [0.4, 0.5) is 5.69 Å². The monoisotopic (exact) mass is 307 g/mol. The number of nitrogens with zero attached hydrogens (tertiary/aromatic N) is 4. The molecule has 0 spiro atoms. The summed E-state index contributed by atoms with van der Waals surface area (Å²) in [6.45, 7) is 0. The van der Waals surface area contributed by atoms with E-state index in [1.807, 2.05) is 18.2 Å². The van der Waals surface area contributed by atoms with E-state index < -0.39 is 0 Å². The number of hydrogen-bond acceptors (Lipinski definition) is 4. The second kappa shape index (κ2) is 7.31. The molecular weight excluding hydrogens is 290 g/mol. The Morgan fingerprint density at radius 1 is 1.13 bits per heavy atom. The lowest BCUT2D eigenvalue weighted by atomic mass is 10.1. The Morgan fingerprint density at radius 3 is 2.61 bits per heavy atom. The van der Waals surface area contributed by atoms with Crippen LogP contribution >= 0.6 is 0 Å². The molecule has 0 radical (unpaired) electrons. The summed E-state index contributed by atoms with van der Waals surface area (Å²) < 4.78 is 1.70. The zero-order valence-corrected chi connectivity index (χ0v) is 12.6. The molecule has 0 unspecified atom stereocenters. The second-order valence-corrected chi connectivity index (χ2v) is 5.13. The zero-order valence-electron chi connectivity index (χ0n) is 12.6. The molecule has 3 aromatic rings. The third-order valence-corrected chi connectivity index (χ3v) is 3.37. The van der Waals surface area contributed by atoms with E-state index in [1.165, 1.54) is 5.56 Å². The maximum Gasteiger partial charge on any atom is 0.234 e. The smallest absolute Gasteiger partial charge is 0.234 e. The van der Waals surface area contributed by atoms with Gasteiger partial charge in [-0.1, -0.05) is 30.3 Å². The number of rotatable bonds is 6. The molecule has 0 aliphatic rings. The summed E-state index contributed by atoms with van der Waals surface area (Å²) in [7, 11) is 0. The van der Waals surface area contributed by atoms with Crippen LogP contribution < -0.4 is 5.32 Å². The first-order valence-electron chi connectivity index (χ1n) is 7.45. The molecule has 6 nitrogen and oxygen atoms in total. The highest BCUT2D eigenvalue weighted by atomic mass is 16.1. The molecule has 0 bridgehead atoms. The molecule has 0 aliphatic heterocycles. The third kappa shape index (κ3) is 4.23. The fourth-order valence-electron chi connectivity index (χ4n) is 2.22. The van der Waals surface area contributed by atoms with Gasteiger partial charge in [0.05, 0.1) is 18.1 Å². The lowest BCUT2D eigenvalue weighted by Gasteiger charge is -2.06. The zero-order chi connectivity index (χ0) is 15.9. The molecule has 1 aromatic carbocycles. The first-order chi connectivity index (χ1) is 11.3. The van der Waals surface area contributed by atoms with Gasteiger partial charge in [0.1, 0.15) is 6.33 Å². The molecule has 0 aliphatic carbocycles. The van der Waals surface area contributed by atoms with Gasteiger partial charge in [-0.05, 0) is 18.4 Å². The number of aryl methyl sites for hydroxylation is 1. The third-order valence-electron chi connectivity index (χ3n) is 3.37. The Labute approximate surface area is 134 Å². The Hall–Kier alpha value is -3.02. The number of carbonyl (C=O) groups is 1. The number of carbonyl (C=O) groups excluding carboxylic acids is 1. The van der Waals surface area contributed by atoms with Crippen LogP contribution in [0.25, 0.3) is 5.95 Å². The van der Waals surface area contributed by atoms with Crippen molar-refractivity contribution in [1.82, 2.24) is 19.5 Å². The van der Waals surface area contributed by atoms with E-state index in [1.54, 1.807) is 35.7 Å². The van der Waals surface area contributed by atoms with Crippen molar-refractivity contribution in [3.05, 3.63) is 67.0 Å². The standard InChI is InChI=1S/C17H17N5O/c23-16(8-4-7-14-5-2-1-3-6-14)21-15-11-19-17(20-12-15)22-10-9-18-13-22/h1-3,5-6,9-13H,4,7-8H2,(H,21,23). The molecule has 0 saturated heterocycles. The highest BCUT2D eigenvalue weighted by Gasteiger charge is 2.05. The van der Waals surface area contributed by atoms with E-state index >= 15 is 0 Å². The molecule has 0 fully saturated rings. The van der Waals surface area contributed by atoms with Crippen LogP contribution in [0.15, 0.2) is 61.4 Å². The summed E-state index contributed by atoms with van der Waals surface area (Å²) in [6, 6.07) is 10.1. The van der Waals surface area contributed by atoms with Gasteiger partial charge < -0.3 is 5.32 Å². The average molecular weight is 307 g/mol. The minimum Gasteiger partial charge on any atom is -0.323 e. The number of hydrogen-bond donors (Lipinski definition) is 1. The number of aromatic nitrogens is 4. The fourth-order valence-corrected chi connectivity index (χ4v) is 2.22. The van der Waals surface area contributed by atoms with E-state index in [-0.39, 0.29) is 5.91 Å². The summed E-state index contributed by atoms with van der Waals surface area (Å²) in [4.78, 5) is 24.3. The molecule has 2 heterocycles. The highest BCUT2D eigenvalue weighted by molar-refractivity contribution is 5.90. The number of benzene rings is 1. The van der Waals surface area contributed by atoms with Crippen molar-refractivity contribution in [3.8, 4) is 5.95 Å². The van der Waals surface area contributed by atoms with Crippen molar-refractivity contribution in [2.75, 3.05) is 5.32 Å². The van der Waals surface area contributed by atoms with Crippen molar-refractivity contribution in [1.29, 1.82) is 0 Å². The van der Waals surface area contributed by atoms with Gasteiger partial charge >= 0.3 is 0 Å². The summed E-state index contributed by atoms with van der Waals surface area (Å²) in [5.74, 6) is 0.490. The van der Waals surface area contributed by atoms with E-state index in [9.17, 15) is 4.79 Å². The van der Waals surface area contributed by atoms with Crippen molar-refractivity contribution in [2.24, 2.45) is 0 Å². The van der Waals surface area contributed by atoms with E-state index in [2.05, 4.69) is 32.4 Å². The van der Waals surface area contributed by atoms with Crippen LogP contribution in [0.3, 0.4) is 0 Å². The lowest BCUT2D eigenvalue weighted by Crippen LogP contribution is -2.12. The van der Waals surface area contributed by atoms with Crippen LogP contribution in [-0.2, 0) is 11.2 Å². The van der Waals surface area contributed by atoms with Gasteiger partial charge in [0.2, 0.25) is 11.9 Å². The van der Waals surface area contributed by atoms with E-state index in [4.69, 9.17) is 0 Å². The lowest BCUT2D eigenvalue weighted by molar-refractivity contribution is -0.116. The number of imidazole rings is 1. The van der Waals surface area contributed by atoms with E-state index in [0.29, 0.717) is 18.1 Å². The summed E-state index contributed by atoms with van der Waals surface area (Å²) in [5, 5.41) is 2.81. The molecule has 1 N–H and O–H groups in total. The molecule has 0 saturated carbocycles. The van der Waals surface area contributed by atoms with Gasteiger partial charge in [-0.2, -0.15) is 0 Å². The van der Waals surface area contributed by atoms with Crippen molar-refractivity contribution < 1.29 is 4.79 Å². The molecular formula is C17H17N5O. The quantitative estimate of drug-likeness (QED) is 0.760.